The van der Waals surface area contributed by atoms with E-state index in [0.29, 0.717) is 34.5 Å². The lowest BCUT2D eigenvalue weighted by Crippen LogP contribution is -1.95. The minimum absolute atomic E-state index is 0.161. The Morgan fingerprint density at radius 1 is 0.786 bits per heavy atom. The van der Waals surface area contributed by atoms with E-state index in [-0.39, 0.29) is 22.6 Å². The summed E-state index contributed by atoms with van der Waals surface area (Å²) in [6, 6.07) is 14.6. The van der Waals surface area contributed by atoms with Crippen LogP contribution in [-0.2, 0) is 0 Å². The van der Waals surface area contributed by atoms with E-state index in [2.05, 4.69) is 22.6 Å². The van der Waals surface area contributed by atoms with Crippen molar-refractivity contribution in [1.82, 2.24) is 0 Å². The Morgan fingerprint density at radius 2 is 1.29 bits per heavy atom. The summed E-state index contributed by atoms with van der Waals surface area (Å²) in [4.78, 5) is 23.5. The van der Waals surface area contributed by atoms with Gasteiger partial charge in [0, 0.05) is 20.1 Å². The SMILES string of the molecule is Cc1cccc2cc(-c3cc4cccc(I)c4c(C=O)c3O)c(O)c(C=O)c12. The zero-order valence-corrected chi connectivity index (χ0v) is 17.0. The molecule has 0 aromatic heterocycles. The molecule has 28 heavy (non-hydrogen) atoms. The molecule has 0 spiro atoms. The fourth-order valence-corrected chi connectivity index (χ4v) is 4.55. The van der Waals surface area contributed by atoms with Gasteiger partial charge in [-0.15, -0.1) is 0 Å². The average Bonchev–Trinajstić information content (AvgIpc) is 2.68. The fourth-order valence-electron chi connectivity index (χ4n) is 3.74. The monoisotopic (exact) mass is 482 g/mol. The molecule has 0 aliphatic heterocycles. The van der Waals surface area contributed by atoms with E-state index in [1.165, 1.54) is 0 Å². The van der Waals surface area contributed by atoms with Crippen molar-refractivity contribution in [2.24, 2.45) is 0 Å². The van der Waals surface area contributed by atoms with Gasteiger partial charge in [-0.1, -0.05) is 30.3 Å². The van der Waals surface area contributed by atoms with Gasteiger partial charge in [-0.2, -0.15) is 0 Å². The molecule has 0 saturated heterocycles. The van der Waals surface area contributed by atoms with Crippen LogP contribution < -0.4 is 0 Å². The number of halogens is 1. The molecule has 4 rings (SSSR count). The number of phenolic OH excluding ortho intramolecular Hbond substituents is 2. The molecule has 0 fully saturated rings. The maximum Gasteiger partial charge on any atom is 0.154 e. The maximum atomic E-state index is 11.8. The summed E-state index contributed by atoms with van der Waals surface area (Å²) in [5, 5.41) is 24.6. The number of carbonyl (C=O) groups excluding carboxylic acids is 2. The molecule has 0 saturated carbocycles. The quantitative estimate of drug-likeness (QED) is 0.294. The second kappa shape index (κ2) is 6.91. The zero-order valence-electron chi connectivity index (χ0n) is 14.9. The molecule has 2 N–H and O–H groups in total. The zero-order chi connectivity index (χ0) is 20.0. The van der Waals surface area contributed by atoms with Crippen LogP contribution in [0.5, 0.6) is 11.5 Å². The minimum Gasteiger partial charge on any atom is -0.507 e. The van der Waals surface area contributed by atoms with Crippen molar-refractivity contribution in [3.8, 4) is 22.6 Å². The highest BCUT2D eigenvalue weighted by Gasteiger charge is 2.21. The largest absolute Gasteiger partial charge is 0.507 e. The van der Waals surface area contributed by atoms with Crippen LogP contribution in [-0.4, -0.2) is 22.8 Å². The molecule has 0 aliphatic rings. The van der Waals surface area contributed by atoms with Crippen LogP contribution in [0.25, 0.3) is 32.7 Å². The van der Waals surface area contributed by atoms with Gasteiger partial charge >= 0.3 is 0 Å². The Kier molecular flexibility index (Phi) is 4.55. The van der Waals surface area contributed by atoms with Crippen LogP contribution in [0.15, 0.2) is 48.5 Å². The van der Waals surface area contributed by atoms with Crippen molar-refractivity contribution in [3.63, 3.8) is 0 Å². The van der Waals surface area contributed by atoms with Crippen molar-refractivity contribution in [3.05, 3.63) is 68.8 Å². The highest BCUT2D eigenvalue weighted by molar-refractivity contribution is 14.1. The molecule has 0 bridgehead atoms. The summed E-state index contributed by atoms with van der Waals surface area (Å²) in [6.45, 7) is 1.87. The minimum atomic E-state index is -0.217. The molecule has 0 radical (unpaired) electrons. The molecule has 0 amide bonds. The smallest absolute Gasteiger partial charge is 0.154 e. The number of rotatable bonds is 3. The Balaban J connectivity index is 2.16. The number of hydrogen-bond donors (Lipinski definition) is 2. The Morgan fingerprint density at radius 3 is 1.86 bits per heavy atom. The first kappa shape index (κ1) is 18.4. The van der Waals surface area contributed by atoms with E-state index in [1.54, 1.807) is 12.1 Å². The van der Waals surface area contributed by atoms with Crippen molar-refractivity contribution < 1.29 is 19.8 Å². The molecule has 4 aromatic carbocycles. The van der Waals surface area contributed by atoms with Crippen LogP contribution in [0.3, 0.4) is 0 Å². The van der Waals surface area contributed by atoms with Crippen LogP contribution in [0.4, 0.5) is 0 Å². The van der Waals surface area contributed by atoms with Crippen molar-refractivity contribution in [1.29, 1.82) is 0 Å². The van der Waals surface area contributed by atoms with Crippen LogP contribution in [0, 0.1) is 10.5 Å². The van der Waals surface area contributed by atoms with E-state index in [4.69, 9.17) is 0 Å². The first-order valence-corrected chi connectivity index (χ1v) is 9.66. The summed E-state index contributed by atoms with van der Waals surface area (Å²) in [5.41, 5.74) is 1.81. The summed E-state index contributed by atoms with van der Waals surface area (Å²) in [6.07, 6.45) is 1.24. The van der Waals surface area contributed by atoms with Gasteiger partial charge in [-0.3, -0.25) is 9.59 Å². The summed E-state index contributed by atoms with van der Waals surface area (Å²) >= 11 is 2.12. The Labute approximate surface area is 174 Å². The summed E-state index contributed by atoms with van der Waals surface area (Å²) in [5.74, 6) is -0.431. The number of aromatic hydroxyl groups is 2. The third-order valence-electron chi connectivity index (χ3n) is 5.04. The highest BCUT2D eigenvalue weighted by atomic mass is 127. The molecule has 138 valence electrons. The predicted molar refractivity (Wildman–Crippen MR) is 118 cm³/mol. The number of aldehydes is 2. The van der Waals surface area contributed by atoms with Gasteiger partial charge in [-0.05, 0) is 69.4 Å². The molecular weight excluding hydrogens is 467 g/mol. The number of aryl methyl sites for hydroxylation is 1. The molecular formula is C23H15IO4. The molecule has 0 heterocycles. The van der Waals surface area contributed by atoms with Crippen molar-refractivity contribution >= 4 is 56.7 Å². The second-order valence-electron chi connectivity index (χ2n) is 6.62. The molecule has 4 aromatic rings. The molecule has 4 nitrogen and oxygen atoms in total. The topological polar surface area (TPSA) is 74.6 Å². The maximum absolute atomic E-state index is 11.8. The molecule has 0 aliphatic carbocycles. The van der Waals surface area contributed by atoms with E-state index in [0.717, 1.165) is 19.9 Å². The van der Waals surface area contributed by atoms with Crippen LogP contribution >= 0.6 is 22.6 Å². The van der Waals surface area contributed by atoms with Gasteiger partial charge in [0.05, 0.1) is 11.1 Å². The van der Waals surface area contributed by atoms with Gasteiger partial charge in [-0.25, -0.2) is 0 Å². The van der Waals surface area contributed by atoms with Gasteiger partial charge in [0.25, 0.3) is 0 Å². The van der Waals surface area contributed by atoms with Crippen molar-refractivity contribution in [2.75, 3.05) is 0 Å². The van der Waals surface area contributed by atoms with Gasteiger partial charge in [0.15, 0.2) is 12.6 Å². The first-order valence-electron chi connectivity index (χ1n) is 8.58. The fraction of sp³-hybridized carbons (Fsp3) is 0.0435. The summed E-state index contributed by atoms with van der Waals surface area (Å²) < 4.78 is 0.839. The summed E-state index contributed by atoms with van der Waals surface area (Å²) in [7, 11) is 0. The standard InChI is InChI=1S/C23H15IO4/c1-12-4-2-5-13-8-15(22(27)17(10-25)20(12)13)16-9-14-6-3-7-19(24)21(14)18(11-26)23(16)28/h2-11,27-28H,1H3. The highest BCUT2D eigenvalue weighted by Crippen LogP contribution is 2.44. The lowest BCUT2D eigenvalue weighted by atomic mass is 9.90. The first-order chi connectivity index (χ1) is 13.5. The van der Waals surface area contributed by atoms with E-state index in [9.17, 15) is 19.8 Å². The average molecular weight is 482 g/mol. The molecule has 0 unspecified atom stereocenters. The lowest BCUT2D eigenvalue weighted by molar-refractivity contribution is 0.111. The number of benzene rings is 4. The van der Waals surface area contributed by atoms with Crippen molar-refractivity contribution in [2.45, 2.75) is 6.92 Å². The number of carbonyl (C=O) groups is 2. The second-order valence-corrected chi connectivity index (χ2v) is 7.78. The normalized spacial score (nSPS) is 11.1. The van der Waals surface area contributed by atoms with Crippen LogP contribution in [0.1, 0.15) is 26.3 Å². The molecule has 5 heteroatoms. The number of phenols is 2. The third kappa shape index (κ3) is 2.65. The number of hydrogen-bond acceptors (Lipinski definition) is 4. The Bertz CT molecular complexity index is 1190. The number of fused-ring (bicyclic) bond motifs is 2. The van der Waals surface area contributed by atoms with E-state index in [1.807, 2.05) is 43.3 Å². The van der Waals surface area contributed by atoms with Gasteiger partial charge in [0.1, 0.15) is 11.5 Å². The van der Waals surface area contributed by atoms with E-state index < -0.39 is 0 Å². The lowest BCUT2D eigenvalue weighted by Gasteiger charge is -2.16. The van der Waals surface area contributed by atoms with E-state index >= 15 is 0 Å². The van der Waals surface area contributed by atoms with Crippen LogP contribution in [0.2, 0.25) is 0 Å². The molecule has 0 atom stereocenters. The van der Waals surface area contributed by atoms with Gasteiger partial charge < -0.3 is 10.2 Å². The third-order valence-corrected chi connectivity index (χ3v) is 5.93. The predicted octanol–water partition coefficient (Wildman–Crippen LogP) is 5.61. The van der Waals surface area contributed by atoms with Gasteiger partial charge in [0.2, 0.25) is 0 Å². The Hall–Kier alpha value is -2.93.